The molecular weight excluding hydrogens is 370 g/mol. The van der Waals surface area contributed by atoms with E-state index in [1.54, 1.807) is 20.8 Å². The first kappa shape index (κ1) is 22.7. The molecule has 1 aromatic carbocycles. The number of hydrogen-bond acceptors (Lipinski definition) is 4. The number of piperidine rings is 1. The van der Waals surface area contributed by atoms with Crippen molar-refractivity contribution in [2.75, 3.05) is 19.6 Å². The predicted molar refractivity (Wildman–Crippen MR) is 112 cm³/mol. The lowest BCUT2D eigenvalue weighted by Gasteiger charge is -2.32. The molecular formula is C22H33N3O4. The van der Waals surface area contributed by atoms with Crippen LogP contribution in [0.5, 0.6) is 0 Å². The van der Waals surface area contributed by atoms with Gasteiger partial charge in [-0.25, -0.2) is 4.79 Å². The van der Waals surface area contributed by atoms with Gasteiger partial charge in [-0.3, -0.25) is 9.59 Å². The van der Waals surface area contributed by atoms with Crippen LogP contribution in [0, 0.1) is 0 Å². The number of hydrogen-bond donors (Lipinski definition) is 2. The molecule has 0 radical (unpaired) electrons. The fourth-order valence-electron chi connectivity index (χ4n) is 3.17. The highest BCUT2D eigenvalue weighted by molar-refractivity contribution is 5.94. The molecule has 7 nitrogen and oxygen atoms in total. The average molecular weight is 404 g/mol. The normalized spacial score (nSPS) is 15.2. The molecule has 1 saturated heterocycles. The van der Waals surface area contributed by atoms with Crippen molar-refractivity contribution in [1.82, 2.24) is 15.5 Å². The molecule has 1 aromatic rings. The topological polar surface area (TPSA) is 87.7 Å². The standard InChI is InChI=1S/C22H33N3O4/c1-15(2)16-6-8-17(9-7-16)20(27)25-12-10-18(11-13-25)24-19(26)14-23-21(28)29-22(3,4)5/h6-9,15,18H,10-14H2,1-5H3,(H,23,28)(H,24,26). The van der Waals surface area contributed by atoms with Gasteiger partial charge in [-0.15, -0.1) is 0 Å². The summed E-state index contributed by atoms with van der Waals surface area (Å²) in [7, 11) is 0. The Morgan fingerprint density at radius 1 is 1.10 bits per heavy atom. The number of nitrogens with zero attached hydrogens (tertiary/aromatic N) is 1. The van der Waals surface area contributed by atoms with Gasteiger partial charge >= 0.3 is 6.09 Å². The number of carbonyl (C=O) groups excluding carboxylic acids is 3. The number of rotatable bonds is 5. The van der Waals surface area contributed by atoms with Crippen molar-refractivity contribution in [1.29, 1.82) is 0 Å². The minimum Gasteiger partial charge on any atom is -0.444 e. The molecule has 7 heteroatoms. The van der Waals surface area contributed by atoms with Gasteiger partial charge in [0.2, 0.25) is 5.91 Å². The van der Waals surface area contributed by atoms with E-state index in [9.17, 15) is 14.4 Å². The summed E-state index contributed by atoms with van der Waals surface area (Å²) in [4.78, 5) is 38.2. The molecule has 1 aliphatic heterocycles. The van der Waals surface area contributed by atoms with Crippen molar-refractivity contribution in [3.05, 3.63) is 35.4 Å². The van der Waals surface area contributed by atoms with Crippen LogP contribution in [0.2, 0.25) is 0 Å². The van der Waals surface area contributed by atoms with E-state index in [2.05, 4.69) is 24.5 Å². The van der Waals surface area contributed by atoms with Crippen LogP contribution in [0.15, 0.2) is 24.3 Å². The summed E-state index contributed by atoms with van der Waals surface area (Å²) in [5.74, 6) is 0.199. The smallest absolute Gasteiger partial charge is 0.408 e. The molecule has 1 fully saturated rings. The third kappa shape index (κ3) is 7.40. The van der Waals surface area contributed by atoms with Gasteiger partial charge in [-0.1, -0.05) is 26.0 Å². The third-order valence-electron chi connectivity index (χ3n) is 4.76. The van der Waals surface area contributed by atoms with Crippen LogP contribution in [0.4, 0.5) is 4.79 Å². The summed E-state index contributed by atoms with van der Waals surface area (Å²) in [5.41, 5.74) is 1.30. The van der Waals surface area contributed by atoms with Crippen LogP contribution in [-0.2, 0) is 9.53 Å². The van der Waals surface area contributed by atoms with Crippen LogP contribution in [0.1, 0.15) is 69.3 Å². The Morgan fingerprint density at radius 2 is 1.69 bits per heavy atom. The molecule has 0 unspecified atom stereocenters. The lowest BCUT2D eigenvalue weighted by molar-refractivity contribution is -0.121. The van der Waals surface area contributed by atoms with Crippen molar-refractivity contribution < 1.29 is 19.1 Å². The average Bonchev–Trinajstić information content (AvgIpc) is 2.65. The number of amides is 3. The van der Waals surface area contributed by atoms with E-state index in [4.69, 9.17) is 4.74 Å². The molecule has 0 spiro atoms. The Kier molecular flexibility index (Phi) is 7.65. The summed E-state index contributed by atoms with van der Waals surface area (Å²) >= 11 is 0. The van der Waals surface area contributed by atoms with Crippen LogP contribution >= 0.6 is 0 Å². The van der Waals surface area contributed by atoms with E-state index in [-0.39, 0.29) is 24.4 Å². The molecule has 160 valence electrons. The van der Waals surface area contributed by atoms with Gasteiger partial charge in [0.1, 0.15) is 12.1 Å². The molecule has 0 atom stereocenters. The quantitative estimate of drug-likeness (QED) is 0.791. The maximum Gasteiger partial charge on any atom is 0.408 e. The minimum absolute atomic E-state index is 0.00435. The molecule has 3 amide bonds. The first-order valence-corrected chi connectivity index (χ1v) is 10.2. The molecule has 1 aliphatic rings. The van der Waals surface area contributed by atoms with Crippen LogP contribution in [-0.4, -0.2) is 54.1 Å². The Morgan fingerprint density at radius 3 is 2.21 bits per heavy atom. The molecule has 0 saturated carbocycles. The molecule has 0 aromatic heterocycles. The molecule has 29 heavy (non-hydrogen) atoms. The van der Waals surface area contributed by atoms with Gasteiger partial charge in [-0.05, 0) is 57.2 Å². The summed E-state index contributed by atoms with van der Waals surface area (Å²) in [6, 6.07) is 7.77. The number of likely N-dealkylation sites (tertiary alicyclic amines) is 1. The lowest BCUT2D eigenvalue weighted by atomic mass is 10.0. The summed E-state index contributed by atoms with van der Waals surface area (Å²) < 4.78 is 5.11. The first-order valence-electron chi connectivity index (χ1n) is 10.2. The summed E-state index contributed by atoms with van der Waals surface area (Å²) in [6.45, 7) is 10.6. The largest absolute Gasteiger partial charge is 0.444 e. The van der Waals surface area contributed by atoms with Gasteiger partial charge in [0.15, 0.2) is 0 Å². The number of ether oxygens (including phenoxy) is 1. The van der Waals surface area contributed by atoms with Crippen molar-refractivity contribution in [2.45, 2.75) is 65.0 Å². The van der Waals surface area contributed by atoms with Crippen LogP contribution in [0.3, 0.4) is 0 Å². The highest BCUT2D eigenvalue weighted by atomic mass is 16.6. The monoisotopic (exact) mass is 403 g/mol. The van der Waals surface area contributed by atoms with Gasteiger partial charge in [0.05, 0.1) is 0 Å². The second-order valence-electron chi connectivity index (χ2n) is 8.77. The Labute approximate surface area is 173 Å². The first-order chi connectivity index (χ1) is 13.5. The van der Waals surface area contributed by atoms with Crippen molar-refractivity contribution in [3.63, 3.8) is 0 Å². The number of benzene rings is 1. The molecule has 2 N–H and O–H groups in total. The van der Waals surface area contributed by atoms with Crippen LogP contribution < -0.4 is 10.6 Å². The summed E-state index contributed by atoms with van der Waals surface area (Å²) in [5, 5.41) is 5.36. The number of nitrogens with one attached hydrogen (secondary N) is 2. The van der Waals surface area contributed by atoms with E-state index in [1.165, 1.54) is 5.56 Å². The zero-order chi connectivity index (χ0) is 21.6. The highest BCUT2D eigenvalue weighted by Crippen LogP contribution is 2.18. The predicted octanol–water partition coefficient (Wildman–Crippen LogP) is 3.06. The number of carbonyl (C=O) groups is 3. The van der Waals surface area contributed by atoms with E-state index >= 15 is 0 Å². The Bertz CT molecular complexity index is 715. The molecule has 0 bridgehead atoms. The van der Waals surface area contributed by atoms with Gasteiger partial charge in [0, 0.05) is 24.7 Å². The zero-order valence-corrected chi connectivity index (χ0v) is 18.1. The van der Waals surface area contributed by atoms with E-state index in [0.717, 1.165) is 0 Å². The molecule has 0 aliphatic carbocycles. The fourth-order valence-corrected chi connectivity index (χ4v) is 3.17. The highest BCUT2D eigenvalue weighted by Gasteiger charge is 2.25. The second kappa shape index (κ2) is 9.76. The van der Waals surface area contributed by atoms with E-state index in [1.807, 2.05) is 29.2 Å². The Balaban J connectivity index is 1.75. The molecule has 1 heterocycles. The summed E-state index contributed by atoms with van der Waals surface area (Å²) in [6.07, 6.45) is 0.763. The molecule has 2 rings (SSSR count). The minimum atomic E-state index is -0.614. The second-order valence-corrected chi connectivity index (χ2v) is 8.77. The van der Waals surface area contributed by atoms with Gasteiger partial charge in [-0.2, -0.15) is 0 Å². The fraction of sp³-hybridized carbons (Fsp3) is 0.591. The maximum absolute atomic E-state index is 12.7. The lowest BCUT2D eigenvalue weighted by Crippen LogP contribution is -2.49. The van der Waals surface area contributed by atoms with E-state index in [0.29, 0.717) is 37.4 Å². The zero-order valence-electron chi connectivity index (χ0n) is 18.1. The number of alkyl carbamates (subject to hydrolysis) is 1. The van der Waals surface area contributed by atoms with Crippen molar-refractivity contribution >= 4 is 17.9 Å². The van der Waals surface area contributed by atoms with Gasteiger partial charge in [0.25, 0.3) is 5.91 Å². The third-order valence-corrected chi connectivity index (χ3v) is 4.76. The van der Waals surface area contributed by atoms with Crippen molar-refractivity contribution in [3.8, 4) is 0 Å². The SMILES string of the molecule is CC(C)c1ccc(C(=O)N2CCC(NC(=O)CNC(=O)OC(C)(C)C)CC2)cc1. The van der Waals surface area contributed by atoms with E-state index < -0.39 is 11.7 Å². The maximum atomic E-state index is 12.7. The van der Waals surface area contributed by atoms with Gasteiger partial charge < -0.3 is 20.3 Å². The Hall–Kier alpha value is -2.57. The van der Waals surface area contributed by atoms with Crippen molar-refractivity contribution in [2.24, 2.45) is 0 Å². The van der Waals surface area contributed by atoms with Crippen LogP contribution in [0.25, 0.3) is 0 Å².